The minimum Gasteiger partial charge on any atom is -0.441 e. The molecule has 0 fully saturated rings. The zero-order chi connectivity index (χ0) is 18.5. The van der Waals surface area contributed by atoms with E-state index in [9.17, 15) is 13.6 Å². The Balaban J connectivity index is 1.60. The van der Waals surface area contributed by atoms with Crippen LogP contribution in [-0.4, -0.2) is 11.0 Å². The van der Waals surface area contributed by atoms with Crippen molar-refractivity contribution >= 4 is 5.97 Å². The fourth-order valence-corrected chi connectivity index (χ4v) is 2.46. The Morgan fingerprint density at radius 1 is 1.12 bits per heavy atom. The van der Waals surface area contributed by atoms with Crippen LogP contribution in [-0.2, 0) is 17.6 Å². The highest BCUT2D eigenvalue weighted by Gasteiger charge is 2.16. The number of rotatable bonds is 6. The van der Waals surface area contributed by atoms with Crippen LogP contribution in [0.4, 0.5) is 8.78 Å². The fourth-order valence-electron chi connectivity index (χ4n) is 2.46. The molecule has 0 aliphatic rings. The molecule has 2 aromatic carbocycles. The SMILES string of the molecule is CCc1ccc(OC(=O)CCc2ncc(-c3c(F)cccc3F)o2)cc1. The number of halogens is 2. The van der Waals surface area contributed by atoms with Crippen molar-refractivity contribution in [2.75, 3.05) is 0 Å². The van der Waals surface area contributed by atoms with Crippen molar-refractivity contribution in [3.05, 3.63) is 71.8 Å². The van der Waals surface area contributed by atoms with Crippen molar-refractivity contribution in [3.63, 3.8) is 0 Å². The van der Waals surface area contributed by atoms with Gasteiger partial charge in [0.15, 0.2) is 11.7 Å². The van der Waals surface area contributed by atoms with Gasteiger partial charge in [-0.3, -0.25) is 4.79 Å². The molecule has 0 saturated heterocycles. The zero-order valence-electron chi connectivity index (χ0n) is 14.2. The highest BCUT2D eigenvalue weighted by atomic mass is 19.1. The molecule has 26 heavy (non-hydrogen) atoms. The smallest absolute Gasteiger partial charge is 0.311 e. The minimum absolute atomic E-state index is 0.0147. The number of nitrogens with zero attached hydrogens (tertiary/aromatic N) is 1. The van der Waals surface area contributed by atoms with E-state index >= 15 is 0 Å². The first-order valence-corrected chi connectivity index (χ1v) is 8.25. The van der Waals surface area contributed by atoms with Gasteiger partial charge in [-0.1, -0.05) is 25.1 Å². The van der Waals surface area contributed by atoms with Gasteiger partial charge in [0.2, 0.25) is 0 Å². The molecule has 0 N–H and O–H groups in total. The largest absolute Gasteiger partial charge is 0.441 e. The lowest BCUT2D eigenvalue weighted by atomic mass is 10.1. The average molecular weight is 357 g/mol. The van der Waals surface area contributed by atoms with Crippen LogP contribution in [0.1, 0.15) is 24.8 Å². The molecule has 0 bridgehead atoms. The summed E-state index contributed by atoms with van der Waals surface area (Å²) in [5.74, 6) is -1.25. The highest BCUT2D eigenvalue weighted by molar-refractivity contribution is 5.72. The molecule has 0 unspecified atom stereocenters. The Kier molecular flexibility index (Phi) is 5.41. The van der Waals surface area contributed by atoms with Gasteiger partial charge in [-0.05, 0) is 36.2 Å². The van der Waals surface area contributed by atoms with Gasteiger partial charge in [0, 0.05) is 6.42 Å². The summed E-state index contributed by atoms with van der Waals surface area (Å²) in [6.45, 7) is 2.04. The molecule has 3 rings (SSSR count). The maximum atomic E-state index is 13.8. The topological polar surface area (TPSA) is 52.3 Å². The molecular formula is C20H17F2NO3. The number of esters is 1. The van der Waals surface area contributed by atoms with Crippen molar-refractivity contribution in [2.45, 2.75) is 26.2 Å². The number of carbonyl (C=O) groups excluding carboxylic acids is 1. The molecule has 0 aliphatic heterocycles. The Bertz CT molecular complexity index is 883. The lowest BCUT2D eigenvalue weighted by molar-refractivity contribution is -0.134. The Morgan fingerprint density at radius 2 is 1.81 bits per heavy atom. The summed E-state index contributed by atoms with van der Waals surface area (Å²) in [7, 11) is 0. The second-order valence-corrected chi connectivity index (χ2v) is 5.69. The normalized spacial score (nSPS) is 10.7. The van der Waals surface area contributed by atoms with Crippen molar-refractivity contribution < 1.29 is 22.7 Å². The highest BCUT2D eigenvalue weighted by Crippen LogP contribution is 2.26. The molecule has 0 atom stereocenters. The molecule has 0 aliphatic carbocycles. The Morgan fingerprint density at radius 3 is 2.46 bits per heavy atom. The van der Waals surface area contributed by atoms with Crippen LogP contribution in [0, 0.1) is 11.6 Å². The average Bonchev–Trinajstić information content (AvgIpc) is 3.09. The molecule has 0 spiro atoms. The summed E-state index contributed by atoms with van der Waals surface area (Å²) in [6, 6.07) is 10.8. The molecule has 1 aromatic heterocycles. The molecule has 1 heterocycles. The summed E-state index contributed by atoms with van der Waals surface area (Å²) < 4.78 is 38.1. The van der Waals surface area contributed by atoms with Crippen LogP contribution in [0.2, 0.25) is 0 Å². The Labute approximate surface area is 149 Å². The molecule has 134 valence electrons. The predicted molar refractivity (Wildman–Crippen MR) is 91.6 cm³/mol. The molecular weight excluding hydrogens is 340 g/mol. The first kappa shape index (κ1) is 17.8. The van der Waals surface area contributed by atoms with Crippen LogP contribution in [0.5, 0.6) is 5.75 Å². The van der Waals surface area contributed by atoms with Crippen LogP contribution >= 0.6 is 0 Å². The number of benzene rings is 2. The monoisotopic (exact) mass is 357 g/mol. The summed E-state index contributed by atoms with van der Waals surface area (Å²) in [5.41, 5.74) is 0.877. The van der Waals surface area contributed by atoms with E-state index in [2.05, 4.69) is 4.98 Å². The third-order valence-electron chi connectivity index (χ3n) is 3.87. The van der Waals surface area contributed by atoms with Gasteiger partial charge >= 0.3 is 5.97 Å². The third kappa shape index (κ3) is 4.14. The van der Waals surface area contributed by atoms with E-state index in [1.807, 2.05) is 19.1 Å². The van der Waals surface area contributed by atoms with Crippen LogP contribution in [0.25, 0.3) is 11.3 Å². The van der Waals surface area contributed by atoms with E-state index in [1.165, 1.54) is 12.3 Å². The van der Waals surface area contributed by atoms with Crippen molar-refractivity contribution in [1.82, 2.24) is 4.98 Å². The first-order valence-electron chi connectivity index (χ1n) is 8.25. The van der Waals surface area contributed by atoms with Crippen LogP contribution in [0.3, 0.4) is 0 Å². The number of hydrogen-bond donors (Lipinski definition) is 0. The molecule has 6 heteroatoms. The Hall–Kier alpha value is -3.02. The first-order chi connectivity index (χ1) is 12.6. The van der Waals surface area contributed by atoms with Crippen molar-refractivity contribution in [2.24, 2.45) is 0 Å². The predicted octanol–water partition coefficient (Wildman–Crippen LogP) is 4.72. The lowest BCUT2D eigenvalue weighted by Gasteiger charge is -2.04. The van der Waals surface area contributed by atoms with Gasteiger partial charge < -0.3 is 9.15 Å². The van der Waals surface area contributed by atoms with Gasteiger partial charge in [0.25, 0.3) is 0 Å². The number of hydrogen-bond acceptors (Lipinski definition) is 4. The fraction of sp³-hybridized carbons (Fsp3) is 0.200. The van der Waals surface area contributed by atoms with E-state index < -0.39 is 17.6 Å². The van der Waals surface area contributed by atoms with Crippen LogP contribution < -0.4 is 4.74 Å². The maximum Gasteiger partial charge on any atom is 0.311 e. The van der Waals surface area contributed by atoms with E-state index in [-0.39, 0.29) is 30.1 Å². The van der Waals surface area contributed by atoms with Gasteiger partial charge in [-0.25, -0.2) is 13.8 Å². The molecule has 3 aromatic rings. The van der Waals surface area contributed by atoms with Gasteiger partial charge in [0.1, 0.15) is 17.4 Å². The van der Waals surface area contributed by atoms with Gasteiger partial charge in [-0.15, -0.1) is 0 Å². The quantitative estimate of drug-likeness (QED) is 0.473. The molecule has 0 saturated carbocycles. The summed E-state index contributed by atoms with van der Waals surface area (Å²) in [6.07, 6.45) is 2.35. The third-order valence-corrected chi connectivity index (χ3v) is 3.87. The van der Waals surface area contributed by atoms with E-state index in [4.69, 9.17) is 9.15 Å². The molecule has 0 amide bonds. The van der Waals surface area contributed by atoms with E-state index in [0.717, 1.165) is 24.1 Å². The van der Waals surface area contributed by atoms with E-state index in [1.54, 1.807) is 12.1 Å². The number of aryl methyl sites for hydroxylation is 2. The number of carbonyl (C=O) groups is 1. The summed E-state index contributed by atoms with van der Waals surface area (Å²) in [4.78, 5) is 15.9. The zero-order valence-corrected chi connectivity index (χ0v) is 14.2. The molecule has 4 nitrogen and oxygen atoms in total. The second kappa shape index (κ2) is 7.91. The summed E-state index contributed by atoms with van der Waals surface area (Å²) in [5, 5.41) is 0. The minimum atomic E-state index is -0.734. The van der Waals surface area contributed by atoms with Crippen molar-refractivity contribution in [1.29, 1.82) is 0 Å². The number of oxazole rings is 1. The van der Waals surface area contributed by atoms with Crippen LogP contribution in [0.15, 0.2) is 53.1 Å². The van der Waals surface area contributed by atoms with Crippen molar-refractivity contribution in [3.8, 4) is 17.1 Å². The number of ether oxygens (including phenoxy) is 1. The second-order valence-electron chi connectivity index (χ2n) is 5.69. The maximum absolute atomic E-state index is 13.8. The number of aromatic nitrogens is 1. The van der Waals surface area contributed by atoms with E-state index in [0.29, 0.717) is 5.75 Å². The summed E-state index contributed by atoms with van der Waals surface area (Å²) >= 11 is 0. The van der Waals surface area contributed by atoms with Gasteiger partial charge in [0.05, 0.1) is 18.2 Å². The standard InChI is InChI=1S/C20H17F2NO3/c1-2-13-6-8-14(9-7-13)25-19(24)11-10-18-23-12-17(26-18)20-15(21)4-3-5-16(20)22/h3-9,12H,2,10-11H2,1H3. The lowest BCUT2D eigenvalue weighted by Crippen LogP contribution is -2.09. The van der Waals surface area contributed by atoms with Gasteiger partial charge in [-0.2, -0.15) is 0 Å². The molecule has 0 radical (unpaired) electrons.